The van der Waals surface area contributed by atoms with E-state index in [1.54, 1.807) is 15.3 Å². The van der Waals surface area contributed by atoms with Gasteiger partial charge in [-0.05, 0) is 24.7 Å². The second-order valence-corrected chi connectivity index (χ2v) is 17.1. The Morgan fingerprint density at radius 1 is 0.538 bits per heavy atom. The molecule has 232 valence electrons. The Morgan fingerprint density at radius 3 is 1.26 bits per heavy atom. The van der Waals surface area contributed by atoms with Gasteiger partial charge in [-0.1, -0.05) is 79.1 Å². The predicted octanol–water partition coefficient (Wildman–Crippen LogP) is 7.97. The summed E-state index contributed by atoms with van der Waals surface area (Å²) in [6.45, 7) is 13.4. The van der Waals surface area contributed by atoms with Gasteiger partial charge >= 0.3 is 95.2 Å². The first-order valence-electron chi connectivity index (χ1n) is 16.0. The molecular weight excluding hydrogens is 631 g/mol. The van der Waals surface area contributed by atoms with Gasteiger partial charge in [-0.3, -0.25) is 0 Å². The van der Waals surface area contributed by atoms with Gasteiger partial charge in [0.05, 0.1) is 11.9 Å². The summed E-state index contributed by atoms with van der Waals surface area (Å²) in [7, 11) is 0. The van der Waals surface area contributed by atoms with Crippen LogP contribution in [-0.4, -0.2) is 43.6 Å². The van der Waals surface area contributed by atoms with Crippen molar-refractivity contribution in [3.8, 4) is 0 Å². The molecule has 0 bridgehead atoms. The minimum atomic E-state index is -1.05. The molecule has 0 saturated carbocycles. The molecule has 0 saturated heterocycles. The number of aliphatic carboxylic acids is 2. The molecule has 0 radical (unpaired) electrons. The van der Waals surface area contributed by atoms with Gasteiger partial charge in [-0.15, -0.1) is 0 Å². The van der Waals surface area contributed by atoms with Gasteiger partial charge in [0.1, 0.15) is 0 Å². The average Bonchev–Trinajstić information content (AvgIpc) is 2.87. The zero-order valence-electron chi connectivity index (χ0n) is 26.5. The maximum absolute atomic E-state index is 10.3. The molecule has 2 unspecified atom stereocenters. The fourth-order valence-electron chi connectivity index (χ4n) is 3.83. The van der Waals surface area contributed by atoms with Gasteiger partial charge in [-0.25, -0.2) is 0 Å². The Morgan fingerprint density at radius 2 is 0.872 bits per heavy atom. The number of carbonyl (C=O) groups is 2. The van der Waals surface area contributed by atoms with Gasteiger partial charge < -0.3 is 19.8 Å². The summed E-state index contributed by atoms with van der Waals surface area (Å²) in [5.74, 6) is -0.611. The molecule has 0 aliphatic heterocycles. The molecule has 2 atom stereocenters. The van der Waals surface area contributed by atoms with E-state index in [1.807, 2.05) is 0 Å². The van der Waals surface area contributed by atoms with Crippen molar-refractivity contribution in [1.29, 1.82) is 0 Å². The van der Waals surface area contributed by atoms with Gasteiger partial charge in [0.15, 0.2) is 0 Å². The van der Waals surface area contributed by atoms with E-state index >= 15 is 0 Å². The fraction of sp³-hybridized carbons (Fsp3) is 0.938. The van der Waals surface area contributed by atoms with Crippen LogP contribution in [0.25, 0.3) is 0 Å². The molecule has 39 heavy (non-hydrogen) atoms. The van der Waals surface area contributed by atoms with Crippen LogP contribution in [0.4, 0.5) is 0 Å². The number of hydrogen-bond donors (Lipinski definition) is 2. The third kappa shape index (κ3) is 43.0. The first kappa shape index (κ1) is 43.9. The number of rotatable bonds is 24. The molecule has 0 rings (SSSR count). The van der Waals surface area contributed by atoms with E-state index in [1.165, 1.54) is 70.6 Å². The molecule has 0 N–H and O–H groups in total. The summed E-state index contributed by atoms with van der Waals surface area (Å²) in [6, 6.07) is 0. The molecule has 0 aromatic heterocycles. The van der Waals surface area contributed by atoms with Crippen molar-refractivity contribution < 1.29 is 19.8 Å². The fourth-order valence-corrected chi connectivity index (χ4v) is 8.06. The standard InChI is InChI=1S/2C10H20O2S.C8H17.C4H9.Sn/c2*1-8(2)6-4-3-5-7-9(13)10(11)12;1-3-5-7-8-6-4-2;1-3-4-2;/h2*8-9,13H,3-7H2,1-2H3,(H,11,12);1,3-8H2,2H3;1,3-4H2,2H3;/q;;;;+2/p-2. The SMILES string of the molecule is CC(C)CCCCCC(S)C(=O)[O-].CC(C)CCCCCC(S)C(=O)[O-].CCCCCCC[CH2][Sn+2][CH2]CCC. The molecule has 0 heterocycles. The van der Waals surface area contributed by atoms with Crippen LogP contribution in [-0.2, 0) is 9.59 Å². The van der Waals surface area contributed by atoms with Crippen LogP contribution >= 0.6 is 25.3 Å². The van der Waals surface area contributed by atoms with Crippen LogP contribution in [0.3, 0.4) is 0 Å². The molecule has 4 nitrogen and oxygen atoms in total. The number of carbonyl (C=O) groups excluding carboxylic acids is 2. The van der Waals surface area contributed by atoms with Crippen molar-refractivity contribution in [1.82, 2.24) is 0 Å². The van der Waals surface area contributed by atoms with Crippen molar-refractivity contribution in [2.24, 2.45) is 11.8 Å². The zero-order valence-corrected chi connectivity index (χ0v) is 31.1. The summed E-state index contributed by atoms with van der Waals surface area (Å²) < 4.78 is 3.28. The molecule has 0 aromatic carbocycles. The first-order chi connectivity index (χ1) is 18.5. The third-order valence-corrected chi connectivity index (χ3v) is 11.5. The summed E-state index contributed by atoms with van der Waals surface area (Å²) in [5, 5.41) is 19.4. The number of carboxylic acids is 2. The monoisotopic (exact) mass is 696 g/mol. The van der Waals surface area contributed by atoms with Crippen LogP contribution in [0.5, 0.6) is 0 Å². The Bertz CT molecular complexity index is 474. The molecule has 0 aliphatic rings. The number of thiol groups is 2. The summed E-state index contributed by atoms with van der Waals surface area (Å²) in [5.41, 5.74) is 0. The second-order valence-electron chi connectivity index (χ2n) is 11.6. The van der Waals surface area contributed by atoms with E-state index in [4.69, 9.17) is 0 Å². The van der Waals surface area contributed by atoms with Crippen LogP contribution < -0.4 is 10.2 Å². The number of carboxylic acid groups (broad SMARTS) is 2. The van der Waals surface area contributed by atoms with Gasteiger partial charge in [0.25, 0.3) is 0 Å². The molecule has 0 fully saturated rings. The van der Waals surface area contributed by atoms with Crippen LogP contribution in [0.1, 0.15) is 157 Å². The van der Waals surface area contributed by atoms with Crippen LogP contribution in [0.2, 0.25) is 8.87 Å². The maximum atomic E-state index is 10.3. The van der Waals surface area contributed by atoms with Crippen molar-refractivity contribution in [2.45, 2.75) is 176 Å². The van der Waals surface area contributed by atoms with Crippen molar-refractivity contribution in [3.05, 3.63) is 0 Å². The summed E-state index contributed by atoms with van der Waals surface area (Å²) in [4.78, 5) is 20.6. The van der Waals surface area contributed by atoms with E-state index in [9.17, 15) is 19.8 Å². The molecule has 0 aliphatic carbocycles. The van der Waals surface area contributed by atoms with E-state index in [0.717, 1.165) is 37.5 Å². The van der Waals surface area contributed by atoms with E-state index in [-0.39, 0.29) is 21.1 Å². The second kappa shape index (κ2) is 34.6. The Labute approximate surface area is 265 Å². The minimum absolute atomic E-state index is 0.112. The van der Waals surface area contributed by atoms with E-state index < -0.39 is 22.4 Å². The molecule has 0 amide bonds. The molecular formula is C32H64O4S2Sn. The Hall–Kier alpha value is 0.439. The Kier molecular flexibility index (Phi) is 39.0. The number of unbranched alkanes of at least 4 members (excludes halogenated alkanes) is 10. The average molecular weight is 696 g/mol. The topological polar surface area (TPSA) is 80.3 Å². The van der Waals surface area contributed by atoms with Crippen molar-refractivity contribution in [2.75, 3.05) is 0 Å². The van der Waals surface area contributed by atoms with Crippen molar-refractivity contribution >= 4 is 58.3 Å². The quantitative estimate of drug-likeness (QED) is 0.0610. The van der Waals surface area contributed by atoms with Crippen LogP contribution in [0, 0.1) is 11.8 Å². The summed E-state index contributed by atoms with van der Waals surface area (Å²) >= 11 is 7.92. The van der Waals surface area contributed by atoms with Gasteiger partial charge in [0.2, 0.25) is 0 Å². The van der Waals surface area contributed by atoms with Gasteiger partial charge in [0, 0.05) is 10.5 Å². The predicted molar refractivity (Wildman–Crippen MR) is 175 cm³/mol. The summed E-state index contributed by atoms with van der Waals surface area (Å²) in [6.07, 6.45) is 22.0. The normalized spacial score (nSPS) is 12.2. The molecule has 0 spiro atoms. The van der Waals surface area contributed by atoms with Crippen molar-refractivity contribution in [3.63, 3.8) is 0 Å². The van der Waals surface area contributed by atoms with Gasteiger partial charge in [-0.2, -0.15) is 25.3 Å². The third-order valence-electron chi connectivity index (χ3n) is 6.48. The molecule has 7 heteroatoms. The number of hydrogen-bond acceptors (Lipinski definition) is 6. The Balaban J connectivity index is -0.000000498. The molecule has 0 aromatic rings. The zero-order chi connectivity index (χ0) is 30.3. The van der Waals surface area contributed by atoms with E-state index in [2.05, 4.69) is 66.8 Å². The van der Waals surface area contributed by atoms with Crippen LogP contribution in [0.15, 0.2) is 0 Å². The van der Waals surface area contributed by atoms with E-state index in [0.29, 0.717) is 12.8 Å². The first-order valence-corrected chi connectivity index (χ1v) is 21.0.